The number of rotatable bonds is 5. The van der Waals surface area contributed by atoms with Crippen LogP contribution < -0.4 is 10.1 Å². The van der Waals surface area contributed by atoms with Gasteiger partial charge in [0.2, 0.25) is 5.91 Å². The molecule has 1 unspecified atom stereocenters. The molecule has 2 N–H and O–H groups in total. The molecule has 3 rings (SSSR count). The molecule has 1 aliphatic heterocycles. The summed E-state index contributed by atoms with van der Waals surface area (Å²) in [6, 6.07) is 10.2. The zero-order chi connectivity index (χ0) is 20.9. The number of aromatic nitrogens is 1. The number of hydrogen-bond acceptors (Lipinski definition) is 5. The maximum absolute atomic E-state index is 12.9. The van der Waals surface area contributed by atoms with Crippen LogP contribution in [0, 0.1) is 0 Å². The van der Waals surface area contributed by atoms with Gasteiger partial charge in [-0.25, -0.2) is 4.98 Å². The third kappa shape index (κ3) is 5.92. The molecule has 1 saturated heterocycles. The predicted octanol–water partition coefficient (Wildman–Crippen LogP) is 3.13. The highest BCUT2D eigenvalue weighted by Gasteiger charge is 2.32. The normalized spacial score (nSPS) is 19.3. The fraction of sp³-hybridized carbons (Fsp3) is 0.381. The van der Waals surface area contributed by atoms with Gasteiger partial charge in [0, 0.05) is 36.8 Å². The van der Waals surface area contributed by atoms with Gasteiger partial charge in [-0.2, -0.15) is 0 Å². The van der Waals surface area contributed by atoms with E-state index in [1.807, 2.05) is 0 Å². The Hall–Kier alpha value is -2.64. The van der Waals surface area contributed by atoms with Crippen LogP contribution in [0.25, 0.3) is 0 Å². The second-order valence-corrected chi connectivity index (χ2v) is 7.66. The van der Waals surface area contributed by atoms with E-state index >= 15 is 0 Å². The third-order valence-electron chi connectivity index (χ3n) is 4.82. The molecule has 0 saturated carbocycles. The summed E-state index contributed by atoms with van der Waals surface area (Å²) in [7, 11) is 0. The van der Waals surface area contributed by atoms with E-state index in [0.717, 1.165) is 0 Å². The largest absolute Gasteiger partial charge is 0.491 e. The topological polar surface area (TPSA) is 91.8 Å². The minimum absolute atomic E-state index is 0.136. The Balaban J connectivity index is 1.61. The van der Waals surface area contributed by atoms with Crippen molar-refractivity contribution < 1.29 is 19.4 Å². The number of aliphatic hydroxyl groups is 1. The third-order valence-corrected chi connectivity index (χ3v) is 5.05. The van der Waals surface area contributed by atoms with Gasteiger partial charge in [-0.15, -0.1) is 0 Å². The molecule has 2 amide bonds. The molecule has 0 aliphatic carbocycles. The summed E-state index contributed by atoms with van der Waals surface area (Å²) in [4.78, 5) is 29.8. The van der Waals surface area contributed by atoms with Crippen LogP contribution in [-0.2, 0) is 4.79 Å². The summed E-state index contributed by atoms with van der Waals surface area (Å²) in [5, 5.41) is 14.1. The number of pyridine rings is 1. The Bertz CT molecular complexity index is 892. The van der Waals surface area contributed by atoms with Gasteiger partial charge in [0.15, 0.2) is 0 Å². The van der Waals surface area contributed by atoms with Crippen molar-refractivity contribution >= 4 is 29.2 Å². The molecule has 1 aromatic carbocycles. The van der Waals surface area contributed by atoms with Crippen LogP contribution in [-0.4, -0.2) is 52.1 Å². The number of likely N-dealkylation sites (tertiary alicyclic amines) is 1. The van der Waals surface area contributed by atoms with Crippen LogP contribution in [0.5, 0.6) is 5.75 Å². The summed E-state index contributed by atoms with van der Waals surface area (Å²) < 4.78 is 5.73. The van der Waals surface area contributed by atoms with Gasteiger partial charge in [-0.1, -0.05) is 17.7 Å². The fourth-order valence-corrected chi connectivity index (χ4v) is 3.48. The molecule has 0 radical (unpaired) electrons. The molecule has 29 heavy (non-hydrogen) atoms. The number of ether oxygens (including phenoxy) is 1. The average molecular weight is 418 g/mol. The van der Waals surface area contributed by atoms with Crippen LogP contribution in [0.1, 0.15) is 36.5 Å². The van der Waals surface area contributed by atoms with Crippen molar-refractivity contribution in [3.8, 4) is 5.75 Å². The second-order valence-electron chi connectivity index (χ2n) is 7.23. The van der Waals surface area contributed by atoms with Crippen LogP contribution in [0.15, 0.2) is 42.6 Å². The number of amides is 2. The minimum Gasteiger partial charge on any atom is -0.491 e. The molecule has 2 aromatic rings. The summed E-state index contributed by atoms with van der Waals surface area (Å²) in [6.07, 6.45) is 3.09. The van der Waals surface area contributed by atoms with Crippen molar-refractivity contribution in [1.29, 1.82) is 0 Å². The first kappa shape index (κ1) is 21.1. The first-order valence-corrected chi connectivity index (χ1v) is 9.86. The van der Waals surface area contributed by atoms with Crippen molar-refractivity contribution in [2.45, 2.75) is 31.8 Å². The van der Waals surface area contributed by atoms with Gasteiger partial charge >= 0.3 is 0 Å². The molecule has 2 heterocycles. The molecule has 1 atom stereocenters. The SMILES string of the molecule is CC(=O)Nc1cc(C(=O)N2CCCC(O)(COc3cccc(Cl)c3)CC2)ccn1. The first-order valence-electron chi connectivity index (χ1n) is 9.48. The zero-order valence-corrected chi connectivity index (χ0v) is 17.0. The predicted molar refractivity (Wildman–Crippen MR) is 110 cm³/mol. The molecule has 0 bridgehead atoms. The highest BCUT2D eigenvalue weighted by atomic mass is 35.5. The maximum atomic E-state index is 12.9. The Morgan fingerprint density at radius 3 is 2.86 bits per heavy atom. The van der Waals surface area contributed by atoms with Crippen molar-refractivity contribution in [3.63, 3.8) is 0 Å². The summed E-state index contributed by atoms with van der Waals surface area (Å²) >= 11 is 5.96. The Labute approximate surface area is 174 Å². The molecular weight excluding hydrogens is 394 g/mol. The van der Waals surface area contributed by atoms with Crippen molar-refractivity contribution in [2.24, 2.45) is 0 Å². The lowest BCUT2D eigenvalue weighted by Crippen LogP contribution is -2.38. The lowest BCUT2D eigenvalue weighted by molar-refractivity contribution is -0.114. The number of benzene rings is 1. The van der Waals surface area contributed by atoms with Crippen molar-refractivity contribution in [2.75, 3.05) is 25.0 Å². The van der Waals surface area contributed by atoms with E-state index in [9.17, 15) is 14.7 Å². The molecule has 154 valence electrons. The Morgan fingerprint density at radius 2 is 2.10 bits per heavy atom. The molecule has 0 spiro atoms. The lowest BCUT2D eigenvalue weighted by Gasteiger charge is -2.27. The first-order chi connectivity index (χ1) is 13.8. The number of halogens is 1. The summed E-state index contributed by atoms with van der Waals surface area (Å²) in [5.74, 6) is 0.538. The van der Waals surface area contributed by atoms with E-state index < -0.39 is 5.60 Å². The van der Waals surface area contributed by atoms with Gasteiger partial charge in [0.25, 0.3) is 5.91 Å². The molecule has 1 aromatic heterocycles. The lowest BCUT2D eigenvalue weighted by atomic mass is 9.96. The van der Waals surface area contributed by atoms with Crippen LogP contribution in [0.4, 0.5) is 5.82 Å². The number of anilines is 1. The highest BCUT2D eigenvalue weighted by molar-refractivity contribution is 6.30. The van der Waals surface area contributed by atoms with Gasteiger partial charge in [-0.3, -0.25) is 9.59 Å². The van der Waals surface area contributed by atoms with E-state index in [2.05, 4.69) is 10.3 Å². The van der Waals surface area contributed by atoms with E-state index in [0.29, 0.717) is 54.5 Å². The zero-order valence-electron chi connectivity index (χ0n) is 16.2. The van der Waals surface area contributed by atoms with E-state index in [1.165, 1.54) is 13.1 Å². The van der Waals surface area contributed by atoms with Gasteiger partial charge in [0.05, 0.1) is 0 Å². The van der Waals surface area contributed by atoms with E-state index in [4.69, 9.17) is 16.3 Å². The van der Waals surface area contributed by atoms with Crippen LogP contribution >= 0.6 is 11.6 Å². The van der Waals surface area contributed by atoms with Crippen molar-refractivity contribution in [3.05, 3.63) is 53.2 Å². The number of carbonyl (C=O) groups is 2. The van der Waals surface area contributed by atoms with Crippen LogP contribution in [0.3, 0.4) is 0 Å². The summed E-state index contributed by atoms with van der Waals surface area (Å²) in [5.41, 5.74) is -0.568. The molecule has 8 heteroatoms. The number of nitrogens with zero attached hydrogens (tertiary/aromatic N) is 2. The average Bonchev–Trinajstić information content (AvgIpc) is 2.88. The summed E-state index contributed by atoms with van der Waals surface area (Å²) in [6.45, 7) is 2.47. The van der Waals surface area contributed by atoms with E-state index in [1.54, 1.807) is 41.3 Å². The fourth-order valence-electron chi connectivity index (χ4n) is 3.30. The number of hydrogen-bond donors (Lipinski definition) is 2. The maximum Gasteiger partial charge on any atom is 0.254 e. The highest BCUT2D eigenvalue weighted by Crippen LogP contribution is 2.26. The Kier molecular flexibility index (Phi) is 6.71. The minimum atomic E-state index is -1.02. The molecule has 1 fully saturated rings. The molecular formula is C21H24ClN3O4. The number of nitrogens with one attached hydrogen (secondary N) is 1. The monoisotopic (exact) mass is 417 g/mol. The second kappa shape index (κ2) is 9.24. The molecule has 7 nitrogen and oxygen atoms in total. The van der Waals surface area contributed by atoms with Crippen molar-refractivity contribution in [1.82, 2.24) is 9.88 Å². The quantitative estimate of drug-likeness (QED) is 0.779. The van der Waals surface area contributed by atoms with Gasteiger partial charge in [-0.05, 0) is 49.6 Å². The smallest absolute Gasteiger partial charge is 0.254 e. The standard InChI is InChI=1S/C21H24ClN3O4/c1-15(26)24-19-12-16(6-9-23-19)20(27)25-10-3-7-21(28,8-11-25)14-29-18-5-2-4-17(22)13-18/h2,4-6,9,12-13,28H,3,7-8,10-11,14H2,1H3,(H,23,24,26). The molecule has 1 aliphatic rings. The van der Waals surface area contributed by atoms with E-state index in [-0.39, 0.29) is 18.4 Å². The Morgan fingerprint density at radius 1 is 1.28 bits per heavy atom. The number of carbonyl (C=O) groups excluding carboxylic acids is 2. The van der Waals surface area contributed by atoms with Gasteiger partial charge in [0.1, 0.15) is 23.8 Å². The van der Waals surface area contributed by atoms with Crippen LogP contribution in [0.2, 0.25) is 5.02 Å². The van der Waals surface area contributed by atoms with Gasteiger partial charge < -0.3 is 20.1 Å².